The average Bonchev–Trinajstić information content (AvgIpc) is 2.32. The van der Waals surface area contributed by atoms with Gasteiger partial charge in [0.1, 0.15) is 11.6 Å². The molecule has 20 heavy (non-hydrogen) atoms. The van der Waals surface area contributed by atoms with Crippen LogP contribution in [0.15, 0.2) is 16.6 Å². The Morgan fingerprint density at radius 2 is 2.00 bits per heavy atom. The minimum Gasteiger partial charge on any atom is -0.481 e. The predicted octanol–water partition coefficient (Wildman–Crippen LogP) is 2.96. The summed E-state index contributed by atoms with van der Waals surface area (Å²) in [5.74, 6) is -2.74. The SMILES string of the molecule is CC(CNC(=O)Nc1cc(F)c(Br)cc1F)CC(=O)O. The number of carbonyl (C=O) groups is 2. The topological polar surface area (TPSA) is 78.4 Å². The van der Waals surface area contributed by atoms with Gasteiger partial charge in [-0.2, -0.15) is 0 Å². The Morgan fingerprint density at radius 3 is 2.60 bits per heavy atom. The third-order valence-electron chi connectivity index (χ3n) is 2.39. The molecule has 0 saturated carbocycles. The van der Waals surface area contributed by atoms with Crippen molar-refractivity contribution in [1.29, 1.82) is 0 Å². The van der Waals surface area contributed by atoms with Crippen molar-refractivity contribution in [2.75, 3.05) is 11.9 Å². The number of carboxylic acids is 1. The van der Waals surface area contributed by atoms with E-state index in [1.54, 1.807) is 6.92 Å². The molecule has 0 spiro atoms. The second-order valence-electron chi connectivity index (χ2n) is 4.28. The number of rotatable bonds is 5. The van der Waals surface area contributed by atoms with E-state index >= 15 is 0 Å². The Balaban J connectivity index is 2.55. The molecule has 3 N–H and O–H groups in total. The van der Waals surface area contributed by atoms with Gasteiger partial charge in [0.25, 0.3) is 0 Å². The van der Waals surface area contributed by atoms with Crippen molar-refractivity contribution in [2.45, 2.75) is 13.3 Å². The third-order valence-corrected chi connectivity index (χ3v) is 3.00. The van der Waals surface area contributed by atoms with Crippen LogP contribution in [0, 0.1) is 17.6 Å². The largest absolute Gasteiger partial charge is 0.481 e. The fourth-order valence-corrected chi connectivity index (χ4v) is 1.74. The average molecular weight is 351 g/mol. The quantitative estimate of drug-likeness (QED) is 0.714. The van der Waals surface area contributed by atoms with Gasteiger partial charge in [0.2, 0.25) is 0 Å². The Morgan fingerprint density at radius 1 is 1.35 bits per heavy atom. The molecule has 0 aliphatic heterocycles. The number of nitrogens with one attached hydrogen (secondary N) is 2. The molecule has 0 aromatic heterocycles. The fraction of sp³-hybridized carbons (Fsp3) is 0.333. The molecule has 5 nitrogen and oxygen atoms in total. The van der Waals surface area contributed by atoms with Crippen LogP contribution >= 0.6 is 15.9 Å². The molecule has 8 heteroatoms. The number of amides is 2. The van der Waals surface area contributed by atoms with Crippen molar-refractivity contribution >= 4 is 33.6 Å². The molecule has 0 fully saturated rings. The molecule has 1 rings (SSSR count). The van der Waals surface area contributed by atoms with Gasteiger partial charge in [-0.05, 0) is 27.9 Å². The van der Waals surface area contributed by atoms with E-state index in [4.69, 9.17) is 5.11 Å². The van der Waals surface area contributed by atoms with E-state index in [9.17, 15) is 18.4 Å². The molecule has 0 saturated heterocycles. The third kappa shape index (κ3) is 5.12. The van der Waals surface area contributed by atoms with Crippen LogP contribution in [0.4, 0.5) is 19.3 Å². The van der Waals surface area contributed by atoms with Crippen LogP contribution in [0.2, 0.25) is 0 Å². The number of carboxylic acid groups (broad SMARTS) is 1. The van der Waals surface area contributed by atoms with Crippen LogP contribution in [0.5, 0.6) is 0 Å². The Bertz CT molecular complexity index is 526. The van der Waals surface area contributed by atoms with E-state index in [0.717, 1.165) is 12.1 Å². The predicted molar refractivity (Wildman–Crippen MR) is 72.5 cm³/mol. The molecule has 0 aliphatic carbocycles. The lowest BCUT2D eigenvalue weighted by Gasteiger charge is -2.12. The molecule has 0 bridgehead atoms. The summed E-state index contributed by atoms with van der Waals surface area (Å²) >= 11 is 2.82. The molecule has 0 heterocycles. The summed E-state index contributed by atoms with van der Waals surface area (Å²) in [6.45, 7) is 1.76. The van der Waals surface area contributed by atoms with Crippen molar-refractivity contribution in [2.24, 2.45) is 5.92 Å². The number of hydrogen-bond acceptors (Lipinski definition) is 2. The summed E-state index contributed by atoms with van der Waals surface area (Å²) in [5, 5.41) is 13.1. The van der Waals surface area contributed by atoms with Crippen molar-refractivity contribution < 1.29 is 23.5 Å². The minimum absolute atomic E-state index is 0.0453. The number of carbonyl (C=O) groups excluding carboxylic acids is 1. The van der Waals surface area contributed by atoms with Gasteiger partial charge in [0, 0.05) is 19.0 Å². The first-order valence-electron chi connectivity index (χ1n) is 5.70. The summed E-state index contributed by atoms with van der Waals surface area (Å²) in [5.41, 5.74) is -0.297. The molecular formula is C12H13BrF2N2O3. The molecule has 2 amide bonds. The van der Waals surface area contributed by atoms with Gasteiger partial charge in [0.15, 0.2) is 0 Å². The second kappa shape index (κ2) is 7.18. The first kappa shape index (κ1) is 16.4. The molecule has 1 aromatic rings. The van der Waals surface area contributed by atoms with Gasteiger partial charge in [-0.1, -0.05) is 6.92 Å². The van der Waals surface area contributed by atoms with Crippen LogP contribution in [0.1, 0.15) is 13.3 Å². The molecule has 1 atom stereocenters. The van der Waals surface area contributed by atoms with E-state index in [0.29, 0.717) is 0 Å². The standard InChI is InChI=1S/C12H13BrF2N2O3/c1-6(2-11(18)19)5-16-12(20)17-10-4-8(14)7(13)3-9(10)15/h3-4,6H,2,5H2,1H3,(H,18,19)(H2,16,17,20). The number of aliphatic carboxylic acids is 1. The number of hydrogen-bond donors (Lipinski definition) is 3. The highest BCUT2D eigenvalue weighted by Crippen LogP contribution is 2.23. The maximum atomic E-state index is 13.4. The van der Waals surface area contributed by atoms with Gasteiger partial charge < -0.3 is 15.7 Å². The minimum atomic E-state index is -0.972. The Hall–Kier alpha value is -1.70. The molecule has 0 aliphatic rings. The normalized spacial score (nSPS) is 11.8. The highest BCUT2D eigenvalue weighted by molar-refractivity contribution is 9.10. The summed E-state index contributed by atoms with van der Waals surface area (Å²) in [6, 6.07) is 1.01. The summed E-state index contributed by atoms with van der Waals surface area (Å²) in [6.07, 6.45) is -0.0957. The van der Waals surface area contributed by atoms with Gasteiger partial charge >= 0.3 is 12.0 Å². The zero-order chi connectivity index (χ0) is 15.3. The molecule has 0 radical (unpaired) electrons. The number of anilines is 1. The van der Waals surface area contributed by atoms with Crippen molar-refractivity contribution in [3.05, 3.63) is 28.2 Å². The molecule has 1 unspecified atom stereocenters. The van der Waals surface area contributed by atoms with Crippen LogP contribution < -0.4 is 10.6 Å². The zero-order valence-electron chi connectivity index (χ0n) is 10.5. The lowest BCUT2D eigenvalue weighted by atomic mass is 10.1. The number of urea groups is 1. The van der Waals surface area contributed by atoms with Crippen molar-refractivity contribution in [3.63, 3.8) is 0 Å². The van der Waals surface area contributed by atoms with E-state index < -0.39 is 23.6 Å². The van der Waals surface area contributed by atoms with E-state index in [1.165, 1.54) is 0 Å². The number of benzene rings is 1. The highest BCUT2D eigenvalue weighted by Gasteiger charge is 2.12. The zero-order valence-corrected chi connectivity index (χ0v) is 12.1. The lowest BCUT2D eigenvalue weighted by Crippen LogP contribution is -2.33. The molecular weight excluding hydrogens is 338 g/mol. The maximum absolute atomic E-state index is 13.4. The monoisotopic (exact) mass is 350 g/mol. The summed E-state index contributed by atoms with van der Waals surface area (Å²) in [7, 11) is 0. The van der Waals surface area contributed by atoms with Gasteiger partial charge in [-0.3, -0.25) is 4.79 Å². The van der Waals surface area contributed by atoms with Crippen molar-refractivity contribution in [3.8, 4) is 0 Å². The molecule has 110 valence electrons. The Labute approximate surface area is 122 Å². The molecule has 1 aromatic carbocycles. The smallest absolute Gasteiger partial charge is 0.319 e. The van der Waals surface area contributed by atoms with Crippen LogP contribution in [-0.4, -0.2) is 23.7 Å². The fourth-order valence-electron chi connectivity index (χ4n) is 1.42. The van der Waals surface area contributed by atoms with Crippen LogP contribution in [0.3, 0.4) is 0 Å². The van der Waals surface area contributed by atoms with Crippen molar-refractivity contribution in [1.82, 2.24) is 5.32 Å². The first-order chi connectivity index (χ1) is 9.29. The first-order valence-corrected chi connectivity index (χ1v) is 6.50. The second-order valence-corrected chi connectivity index (χ2v) is 5.14. The highest BCUT2D eigenvalue weighted by atomic mass is 79.9. The maximum Gasteiger partial charge on any atom is 0.319 e. The van der Waals surface area contributed by atoms with Crippen LogP contribution in [-0.2, 0) is 4.79 Å². The van der Waals surface area contributed by atoms with Gasteiger partial charge in [-0.25, -0.2) is 13.6 Å². The van der Waals surface area contributed by atoms with E-state index in [2.05, 4.69) is 26.6 Å². The van der Waals surface area contributed by atoms with E-state index in [1.807, 2.05) is 0 Å². The van der Waals surface area contributed by atoms with Gasteiger partial charge in [0.05, 0.1) is 10.2 Å². The van der Waals surface area contributed by atoms with Crippen LogP contribution in [0.25, 0.3) is 0 Å². The summed E-state index contributed by atoms with van der Waals surface area (Å²) in [4.78, 5) is 21.9. The lowest BCUT2D eigenvalue weighted by molar-refractivity contribution is -0.137. The van der Waals surface area contributed by atoms with Gasteiger partial charge in [-0.15, -0.1) is 0 Å². The number of halogens is 3. The van der Waals surface area contributed by atoms with E-state index in [-0.39, 0.29) is 29.0 Å². The summed E-state index contributed by atoms with van der Waals surface area (Å²) < 4.78 is 26.6. The Kier molecular flexibility index (Phi) is 5.87.